The number of hydrogen-bond donors (Lipinski definition) is 1. The van der Waals surface area contributed by atoms with Crippen molar-refractivity contribution >= 4 is 11.8 Å². The second-order valence-corrected chi connectivity index (χ2v) is 5.83. The molecule has 0 spiro atoms. The van der Waals surface area contributed by atoms with Crippen molar-refractivity contribution in [2.45, 2.75) is 58.2 Å². The molecule has 2 heterocycles. The van der Waals surface area contributed by atoms with Gasteiger partial charge in [0, 0.05) is 12.1 Å². The molecule has 1 unspecified atom stereocenters. The quantitative estimate of drug-likeness (QED) is 0.758. The Morgan fingerprint density at radius 3 is 2.37 bits per heavy atom. The lowest BCUT2D eigenvalue weighted by Crippen LogP contribution is -2.49. The first-order valence-electron chi connectivity index (χ1n) is 7.37. The van der Waals surface area contributed by atoms with Crippen molar-refractivity contribution < 1.29 is 9.59 Å². The number of hydrogen-bond acceptors (Lipinski definition) is 4. The molecule has 0 saturated carbocycles. The van der Waals surface area contributed by atoms with Crippen LogP contribution in [-0.4, -0.2) is 59.4 Å². The third-order valence-corrected chi connectivity index (χ3v) is 4.17. The summed E-state index contributed by atoms with van der Waals surface area (Å²) in [6, 6.07) is 0.0403. The fourth-order valence-electron chi connectivity index (χ4n) is 3.02. The van der Waals surface area contributed by atoms with Crippen LogP contribution in [0, 0.1) is 0 Å². The largest absolute Gasteiger partial charge is 0.303 e. The Morgan fingerprint density at radius 1 is 1.26 bits per heavy atom. The number of imide groups is 1. The molecule has 0 aliphatic carbocycles. The van der Waals surface area contributed by atoms with Crippen molar-refractivity contribution in [1.29, 1.82) is 0 Å². The van der Waals surface area contributed by atoms with E-state index >= 15 is 0 Å². The molecule has 19 heavy (non-hydrogen) atoms. The Kier molecular flexibility index (Phi) is 4.58. The molecule has 1 atom stereocenters. The van der Waals surface area contributed by atoms with Crippen molar-refractivity contribution in [1.82, 2.24) is 15.1 Å². The number of nitrogens with zero attached hydrogens (tertiary/aromatic N) is 2. The number of rotatable bonds is 4. The molecule has 108 valence electrons. The van der Waals surface area contributed by atoms with Crippen molar-refractivity contribution in [2.75, 3.05) is 19.6 Å². The van der Waals surface area contributed by atoms with Gasteiger partial charge < -0.3 is 10.2 Å². The van der Waals surface area contributed by atoms with Crippen molar-refractivity contribution in [3.8, 4) is 0 Å². The van der Waals surface area contributed by atoms with E-state index in [1.807, 2.05) is 13.8 Å². The topological polar surface area (TPSA) is 52.7 Å². The lowest BCUT2D eigenvalue weighted by atomic mass is 10.0. The maximum Gasteiger partial charge on any atom is 0.247 e. The fraction of sp³-hybridized carbons (Fsp3) is 0.857. The van der Waals surface area contributed by atoms with E-state index in [4.69, 9.17) is 0 Å². The maximum absolute atomic E-state index is 12.2. The van der Waals surface area contributed by atoms with Crippen molar-refractivity contribution in [2.24, 2.45) is 0 Å². The van der Waals surface area contributed by atoms with E-state index in [0.717, 1.165) is 32.5 Å². The van der Waals surface area contributed by atoms with Gasteiger partial charge in [0.05, 0.1) is 12.5 Å². The summed E-state index contributed by atoms with van der Waals surface area (Å²) in [5.74, 6) is -0.0820. The summed E-state index contributed by atoms with van der Waals surface area (Å²) in [7, 11) is 0. The maximum atomic E-state index is 12.2. The Bertz CT molecular complexity index is 349. The SMILES string of the molecule is CCN1CCC(NC2CC(=O)N(C(C)C)C2=O)CC1. The first kappa shape index (κ1) is 14.5. The molecule has 5 heteroatoms. The highest BCUT2D eigenvalue weighted by molar-refractivity contribution is 6.05. The van der Waals surface area contributed by atoms with Gasteiger partial charge in [0.25, 0.3) is 0 Å². The van der Waals surface area contributed by atoms with Crippen LogP contribution >= 0.6 is 0 Å². The van der Waals surface area contributed by atoms with Gasteiger partial charge in [-0.1, -0.05) is 6.92 Å². The minimum atomic E-state index is -0.298. The van der Waals surface area contributed by atoms with E-state index in [0.29, 0.717) is 12.5 Å². The molecule has 5 nitrogen and oxygen atoms in total. The summed E-state index contributed by atoms with van der Waals surface area (Å²) < 4.78 is 0. The zero-order valence-electron chi connectivity index (χ0n) is 12.2. The van der Waals surface area contributed by atoms with Gasteiger partial charge in [-0.2, -0.15) is 0 Å². The van der Waals surface area contributed by atoms with Crippen LogP contribution in [0.1, 0.15) is 40.0 Å². The number of piperidine rings is 1. The fourth-order valence-corrected chi connectivity index (χ4v) is 3.02. The van der Waals surface area contributed by atoms with Gasteiger partial charge in [-0.25, -0.2) is 0 Å². The van der Waals surface area contributed by atoms with Crippen molar-refractivity contribution in [3.63, 3.8) is 0 Å². The van der Waals surface area contributed by atoms with Gasteiger partial charge in [-0.15, -0.1) is 0 Å². The lowest BCUT2D eigenvalue weighted by Gasteiger charge is -2.32. The summed E-state index contributed by atoms with van der Waals surface area (Å²) in [5.41, 5.74) is 0. The summed E-state index contributed by atoms with van der Waals surface area (Å²) in [5, 5.41) is 3.39. The predicted molar refractivity (Wildman–Crippen MR) is 73.7 cm³/mol. The zero-order chi connectivity index (χ0) is 14.0. The molecule has 2 amide bonds. The van der Waals surface area contributed by atoms with Gasteiger partial charge in [0.15, 0.2) is 0 Å². The predicted octanol–water partition coefficient (Wildman–Crippen LogP) is 0.596. The molecule has 2 aliphatic rings. The van der Waals surface area contributed by atoms with Crippen LogP contribution in [0.4, 0.5) is 0 Å². The molecule has 0 bridgehead atoms. The highest BCUT2D eigenvalue weighted by atomic mass is 16.2. The molecule has 0 aromatic carbocycles. The first-order chi connectivity index (χ1) is 9.02. The summed E-state index contributed by atoms with van der Waals surface area (Å²) in [6.45, 7) is 9.20. The Labute approximate surface area is 115 Å². The van der Waals surface area contributed by atoms with Gasteiger partial charge in [-0.05, 0) is 46.3 Å². The van der Waals surface area contributed by atoms with Gasteiger partial charge in [-0.3, -0.25) is 14.5 Å². The monoisotopic (exact) mass is 267 g/mol. The minimum absolute atomic E-state index is 0.0336. The van der Waals surface area contributed by atoms with Crippen LogP contribution in [-0.2, 0) is 9.59 Å². The number of amides is 2. The van der Waals surface area contributed by atoms with Crippen LogP contribution in [0.2, 0.25) is 0 Å². The van der Waals surface area contributed by atoms with E-state index in [1.54, 1.807) is 0 Å². The average molecular weight is 267 g/mol. The molecule has 0 aromatic rings. The first-order valence-corrected chi connectivity index (χ1v) is 7.37. The van der Waals surface area contributed by atoms with Crippen LogP contribution in [0.3, 0.4) is 0 Å². The van der Waals surface area contributed by atoms with Crippen LogP contribution in [0.25, 0.3) is 0 Å². The average Bonchev–Trinajstić information content (AvgIpc) is 2.65. The Hall–Kier alpha value is -0.940. The highest BCUT2D eigenvalue weighted by Crippen LogP contribution is 2.19. The van der Waals surface area contributed by atoms with E-state index in [9.17, 15) is 9.59 Å². The summed E-state index contributed by atoms with van der Waals surface area (Å²) >= 11 is 0. The molecular formula is C14H25N3O2. The second-order valence-electron chi connectivity index (χ2n) is 5.83. The summed E-state index contributed by atoms with van der Waals surface area (Å²) in [4.78, 5) is 27.8. The molecule has 0 radical (unpaired) electrons. The molecule has 0 aromatic heterocycles. The lowest BCUT2D eigenvalue weighted by molar-refractivity contribution is -0.140. The normalized spacial score (nSPS) is 26.7. The molecule has 2 aliphatic heterocycles. The molecular weight excluding hydrogens is 242 g/mol. The van der Waals surface area contributed by atoms with E-state index in [2.05, 4.69) is 17.1 Å². The minimum Gasteiger partial charge on any atom is -0.303 e. The van der Waals surface area contributed by atoms with Gasteiger partial charge in [0.1, 0.15) is 0 Å². The highest BCUT2D eigenvalue weighted by Gasteiger charge is 2.40. The number of carbonyl (C=O) groups is 2. The van der Waals surface area contributed by atoms with Crippen molar-refractivity contribution in [3.05, 3.63) is 0 Å². The van der Waals surface area contributed by atoms with Gasteiger partial charge in [0.2, 0.25) is 11.8 Å². The zero-order valence-corrected chi connectivity index (χ0v) is 12.2. The van der Waals surface area contributed by atoms with Gasteiger partial charge >= 0.3 is 0 Å². The molecule has 2 rings (SSSR count). The Morgan fingerprint density at radius 2 is 1.89 bits per heavy atom. The number of carbonyl (C=O) groups excluding carboxylic acids is 2. The number of likely N-dealkylation sites (tertiary alicyclic amines) is 2. The van der Waals surface area contributed by atoms with E-state index in [-0.39, 0.29) is 23.9 Å². The second kappa shape index (κ2) is 6.01. The van der Waals surface area contributed by atoms with E-state index < -0.39 is 0 Å². The third kappa shape index (κ3) is 3.15. The smallest absolute Gasteiger partial charge is 0.247 e. The summed E-state index contributed by atoms with van der Waals surface area (Å²) in [6.07, 6.45) is 2.45. The van der Waals surface area contributed by atoms with Crippen LogP contribution in [0.15, 0.2) is 0 Å². The molecule has 2 fully saturated rings. The standard InChI is InChI=1S/C14H25N3O2/c1-4-16-7-5-11(6-8-16)15-12-9-13(18)17(10(2)3)14(12)19/h10-12,15H,4-9H2,1-3H3. The third-order valence-electron chi connectivity index (χ3n) is 4.17. The number of nitrogens with one attached hydrogen (secondary N) is 1. The molecule has 1 N–H and O–H groups in total. The van der Waals surface area contributed by atoms with E-state index in [1.165, 1.54) is 4.90 Å². The molecule has 2 saturated heterocycles. The van der Waals surface area contributed by atoms with Crippen LogP contribution < -0.4 is 5.32 Å². The Balaban J connectivity index is 1.87. The van der Waals surface area contributed by atoms with Crippen LogP contribution in [0.5, 0.6) is 0 Å².